The van der Waals surface area contributed by atoms with Crippen LogP contribution in [-0.4, -0.2) is 60.0 Å². The van der Waals surface area contributed by atoms with Crippen molar-refractivity contribution in [1.29, 1.82) is 0 Å². The fraction of sp³-hybridized carbons (Fsp3) is 0.360. The highest BCUT2D eigenvalue weighted by Crippen LogP contribution is 2.33. The molecule has 8 nitrogen and oxygen atoms in total. The predicted octanol–water partition coefficient (Wildman–Crippen LogP) is 2.76. The van der Waals surface area contributed by atoms with Crippen molar-refractivity contribution in [1.82, 2.24) is 29.6 Å². The number of carbonyl (C=O) groups is 1. The highest BCUT2D eigenvalue weighted by Gasteiger charge is 2.45. The van der Waals surface area contributed by atoms with Crippen LogP contribution in [0.25, 0.3) is 16.2 Å². The lowest BCUT2D eigenvalue weighted by atomic mass is 9.76. The van der Waals surface area contributed by atoms with Gasteiger partial charge < -0.3 is 15.3 Å². The quantitative estimate of drug-likeness (QED) is 0.464. The highest BCUT2D eigenvalue weighted by molar-refractivity contribution is 7.15. The van der Waals surface area contributed by atoms with Crippen molar-refractivity contribution in [3.8, 4) is 10.4 Å². The first-order chi connectivity index (χ1) is 16.4. The second-order valence-electron chi connectivity index (χ2n) is 9.30. The van der Waals surface area contributed by atoms with E-state index in [9.17, 15) is 9.90 Å². The lowest BCUT2D eigenvalue weighted by molar-refractivity contribution is -0.0140. The van der Waals surface area contributed by atoms with Crippen LogP contribution in [0.3, 0.4) is 0 Å². The standard InChI is InChI=1S/C25H26N6O2S/c1-15-22(34-16(2)28-15)19-10-26-24-29-20(13-31(24)12-19)23(33)30-8-7-25(21(32)14-30)9-17-5-3-4-6-18(17)11-27-25/h3-6,10,12-13,21,27,32H,7-9,11,14H2,1-2H3/t21-,25+/m1/s1. The molecule has 1 aromatic carbocycles. The summed E-state index contributed by atoms with van der Waals surface area (Å²) in [4.78, 5) is 29.5. The van der Waals surface area contributed by atoms with Gasteiger partial charge in [0.05, 0.1) is 27.2 Å². The van der Waals surface area contributed by atoms with Gasteiger partial charge in [0.1, 0.15) is 5.69 Å². The van der Waals surface area contributed by atoms with Gasteiger partial charge in [-0.05, 0) is 37.8 Å². The molecule has 2 N–H and O–H groups in total. The number of thiazole rings is 1. The number of aromatic nitrogens is 4. The fourth-order valence-corrected chi connectivity index (χ4v) is 6.11. The summed E-state index contributed by atoms with van der Waals surface area (Å²) in [6.45, 7) is 5.55. The smallest absolute Gasteiger partial charge is 0.274 e. The Balaban J connectivity index is 1.21. The van der Waals surface area contributed by atoms with Gasteiger partial charge in [0.2, 0.25) is 5.78 Å². The zero-order valence-electron chi connectivity index (χ0n) is 19.2. The van der Waals surface area contributed by atoms with E-state index in [4.69, 9.17) is 0 Å². The lowest BCUT2D eigenvalue weighted by Gasteiger charge is -2.48. The summed E-state index contributed by atoms with van der Waals surface area (Å²) in [5, 5.41) is 15.7. The number of hydrogen-bond acceptors (Lipinski definition) is 7. The van der Waals surface area contributed by atoms with Gasteiger partial charge in [-0.3, -0.25) is 9.20 Å². The topological polar surface area (TPSA) is 95.7 Å². The molecule has 2 atom stereocenters. The van der Waals surface area contributed by atoms with Gasteiger partial charge in [0.15, 0.2) is 0 Å². The maximum atomic E-state index is 13.3. The van der Waals surface area contributed by atoms with Crippen molar-refractivity contribution in [3.05, 3.63) is 70.4 Å². The van der Waals surface area contributed by atoms with Gasteiger partial charge in [-0.15, -0.1) is 11.3 Å². The molecular formula is C25H26N6O2S. The number of likely N-dealkylation sites (tertiary alicyclic amines) is 1. The normalized spacial score (nSPS) is 22.3. The molecule has 1 amide bonds. The molecule has 0 radical (unpaired) electrons. The molecule has 1 fully saturated rings. The van der Waals surface area contributed by atoms with E-state index in [1.54, 1.807) is 33.0 Å². The maximum absolute atomic E-state index is 13.3. The molecule has 2 aliphatic rings. The van der Waals surface area contributed by atoms with Crippen molar-refractivity contribution in [2.45, 2.75) is 44.9 Å². The number of piperidine rings is 1. The van der Waals surface area contributed by atoms with Crippen LogP contribution < -0.4 is 5.32 Å². The molecule has 1 spiro atoms. The third-order valence-electron chi connectivity index (χ3n) is 7.10. The minimum absolute atomic E-state index is 0.179. The van der Waals surface area contributed by atoms with E-state index < -0.39 is 11.6 Å². The number of nitrogens with zero attached hydrogens (tertiary/aromatic N) is 5. The van der Waals surface area contributed by atoms with Gasteiger partial charge in [-0.1, -0.05) is 24.3 Å². The monoisotopic (exact) mass is 474 g/mol. The molecule has 0 aliphatic carbocycles. The number of aliphatic hydroxyl groups excluding tert-OH is 1. The summed E-state index contributed by atoms with van der Waals surface area (Å²) >= 11 is 1.62. The van der Waals surface area contributed by atoms with Crippen LogP contribution in [0.5, 0.6) is 0 Å². The van der Waals surface area contributed by atoms with Crippen molar-refractivity contribution in [2.75, 3.05) is 13.1 Å². The maximum Gasteiger partial charge on any atom is 0.274 e. The molecule has 174 valence electrons. The van der Waals surface area contributed by atoms with E-state index in [1.807, 2.05) is 32.2 Å². The van der Waals surface area contributed by atoms with Gasteiger partial charge >= 0.3 is 0 Å². The number of aliphatic hydroxyl groups is 1. The van der Waals surface area contributed by atoms with Crippen LogP contribution in [0.1, 0.15) is 38.7 Å². The van der Waals surface area contributed by atoms with E-state index >= 15 is 0 Å². The molecule has 4 aromatic rings. The summed E-state index contributed by atoms with van der Waals surface area (Å²) in [6.07, 6.45) is 6.24. The number of benzene rings is 1. The largest absolute Gasteiger partial charge is 0.389 e. The number of rotatable bonds is 2. The number of amides is 1. The Bertz CT molecular complexity index is 1410. The summed E-state index contributed by atoms with van der Waals surface area (Å²) in [7, 11) is 0. The van der Waals surface area contributed by atoms with Gasteiger partial charge in [0, 0.05) is 43.8 Å². The highest BCUT2D eigenvalue weighted by atomic mass is 32.1. The molecule has 3 aromatic heterocycles. The average molecular weight is 475 g/mol. The summed E-state index contributed by atoms with van der Waals surface area (Å²) in [5.41, 5.74) is 4.41. The molecule has 1 saturated heterocycles. The summed E-state index contributed by atoms with van der Waals surface area (Å²) in [5.74, 6) is 0.299. The van der Waals surface area contributed by atoms with Crippen LogP contribution in [0, 0.1) is 13.8 Å². The third kappa shape index (κ3) is 3.51. The summed E-state index contributed by atoms with van der Waals surface area (Å²) in [6, 6.07) is 8.35. The Morgan fingerprint density at radius 1 is 1.21 bits per heavy atom. The van der Waals surface area contributed by atoms with E-state index in [1.165, 1.54) is 11.1 Å². The van der Waals surface area contributed by atoms with Crippen molar-refractivity contribution < 1.29 is 9.90 Å². The van der Waals surface area contributed by atoms with Crippen LogP contribution >= 0.6 is 11.3 Å². The van der Waals surface area contributed by atoms with Crippen LogP contribution in [0.15, 0.2) is 42.9 Å². The number of nitrogens with one attached hydrogen (secondary N) is 1. The number of carbonyl (C=O) groups excluding carboxylic acids is 1. The molecule has 2 aliphatic heterocycles. The first-order valence-electron chi connectivity index (χ1n) is 11.5. The average Bonchev–Trinajstić information content (AvgIpc) is 3.42. The molecule has 5 heterocycles. The minimum atomic E-state index is -0.655. The Kier molecular flexibility index (Phi) is 5.02. The third-order valence-corrected chi connectivity index (χ3v) is 8.22. The van der Waals surface area contributed by atoms with E-state index in [2.05, 4.69) is 32.4 Å². The Morgan fingerprint density at radius 2 is 2.03 bits per heavy atom. The van der Waals surface area contributed by atoms with Gasteiger partial charge in [-0.25, -0.2) is 15.0 Å². The molecule has 9 heteroatoms. The molecule has 6 rings (SSSR count). The SMILES string of the molecule is Cc1nc(C)c(-c2cnc3nc(C(=O)N4CC[C@]5(Cc6ccccc6CN5)[C@H](O)C4)cn3c2)s1. The number of hydrogen-bond donors (Lipinski definition) is 2. The molecular weight excluding hydrogens is 448 g/mol. The van der Waals surface area contributed by atoms with E-state index in [0.29, 0.717) is 24.4 Å². The van der Waals surface area contributed by atoms with E-state index in [-0.39, 0.29) is 12.5 Å². The minimum Gasteiger partial charge on any atom is -0.389 e. The first-order valence-corrected chi connectivity index (χ1v) is 12.3. The van der Waals surface area contributed by atoms with Crippen LogP contribution in [0.2, 0.25) is 0 Å². The predicted molar refractivity (Wildman–Crippen MR) is 130 cm³/mol. The van der Waals surface area contributed by atoms with Crippen molar-refractivity contribution in [2.24, 2.45) is 0 Å². The second-order valence-corrected chi connectivity index (χ2v) is 10.5. The number of aryl methyl sites for hydroxylation is 2. The number of imidazole rings is 1. The Labute approximate surface area is 201 Å². The number of fused-ring (bicyclic) bond motifs is 2. The van der Waals surface area contributed by atoms with Crippen molar-refractivity contribution >= 4 is 23.0 Å². The molecule has 0 unspecified atom stereocenters. The Morgan fingerprint density at radius 3 is 2.79 bits per heavy atom. The van der Waals surface area contributed by atoms with Crippen LogP contribution in [-0.2, 0) is 13.0 Å². The lowest BCUT2D eigenvalue weighted by Crippen LogP contribution is -2.65. The Hall–Kier alpha value is -3.14. The molecule has 0 bridgehead atoms. The zero-order valence-corrected chi connectivity index (χ0v) is 20.0. The fourth-order valence-electron chi connectivity index (χ4n) is 5.21. The first kappa shape index (κ1) is 21.4. The zero-order chi connectivity index (χ0) is 23.4. The van der Waals surface area contributed by atoms with Gasteiger partial charge in [-0.2, -0.15) is 0 Å². The van der Waals surface area contributed by atoms with Gasteiger partial charge in [0.25, 0.3) is 5.91 Å². The van der Waals surface area contributed by atoms with Crippen LogP contribution in [0.4, 0.5) is 0 Å². The van der Waals surface area contributed by atoms with Crippen molar-refractivity contribution in [3.63, 3.8) is 0 Å². The summed E-state index contributed by atoms with van der Waals surface area (Å²) < 4.78 is 1.79. The number of β-amino-alcohol motifs (C(OH)–C–C–N with tert-alkyl or cyclic N) is 1. The molecule has 0 saturated carbocycles. The molecule has 34 heavy (non-hydrogen) atoms. The van der Waals surface area contributed by atoms with E-state index in [0.717, 1.165) is 34.1 Å². The second kappa shape index (κ2) is 7.97.